The van der Waals surface area contributed by atoms with Gasteiger partial charge in [-0.05, 0) is 38.1 Å². The van der Waals surface area contributed by atoms with Gasteiger partial charge in [-0.25, -0.2) is 0 Å². The van der Waals surface area contributed by atoms with Crippen LogP contribution in [0.1, 0.15) is 20.3 Å². The highest BCUT2D eigenvalue weighted by Gasteiger charge is 2.34. The predicted octanol–water partition coefficient (Wildman–Crippen LogP) is 3.25. The lowest BCUT2D eigenvalue weighted by atomic mass is 10.1. The van der Waals surface area contributed by atoms with Crippen molar-refractivity contribution < 1.29 is 14.3 Å². The fourth-order valence-electron chi connectivity index (χ4n) is 2.82. The number of rotatable bonds is 6. The molecule has 6 nitrogen and oxygen atoms in total. The lowest BCUT2D eigenvalue weighted by Crippen LogP contribution is -2.33. The number of para-hydroxylation sites is 1. The molecule has 134 valence electrons. The van der Waals surface area contributed by atoms with E-state index in [1.807, 2.05) is 49.4 Å². The highest BCUT2D eigenvalue weighted by Crippen LogP contribution is 2.25. The molecule has 0 bridgehead atoms. The molecular formula is C20H21N3O3. The number of hydrogen-bond donors (Lipinski definition) is 1. The summed E-state index contributed by atoms with van der Waals surface area (Å²) in [5, 5.41) is 8.85. The van der Waals surface area contributed by atoms with Gasteiger partial charge < -0.3 is 10.1 Å². The number of hydrogen-bond acceptors (Lipinski definition) is 5. The number of carbonyl (C=O) groups is 2. The van der Waals surface area contributed by atoms with Gasteiger partial charge in [-0.3, -0.25) is 14.6 Å². The van der Waals surface area contributed by atoms with Crippen LogP contribution in [0.3, 0.4) is 0 Å². The van der Waals surface area contributed by atoms with E-state index in [4.69, 9.17) is 4.74 Å². The van der Waals surface area contributed by atoms with Crippen LogP contribution in [0.2, 0.25) is 0 Å². The van der Waals surface area contributed by atoms with Crippen LogP contribution in [0.25, 0.3) is 0 Å². The molecule has 1 heterocycles. The van der Waals surface area contributed by atoms with Gasteiger partial charge in [-0.15, -0.1) is 0 Å². The van der Waals surface area contributed by atoms with Crippen molar-refractivity contribution in [2.45, 2.75) is 26.3 Å². The topological polar surface area (TPSA) is 71.0 Å². The van der Waals surface area contributed by atoms with Crippen molar-refractivity contribution in [3.63, 3.8) is 0 Å². The first kappa shape index (κ1) is 17.7. The molecule has 6 heteroatoms. The van der Waals surface area contributed by atoms with Crippen molar-refractivity contribution in [2.24, 2.45) is 5.10 Å². The molecule has 1 unspecified atom stereocenters. The second-order valence-corrected chi connectivity index (χ2v) is 5.97. The molecule has 1 N–H and O–H groups in total. The molecule has 0 saturated heterocycles. The van der Waals surface area contributed by atoms with E-state index in [2.05, 4.69) is 10.4 Å². The third kappa shape index (κ3) is 3.91. The van der Waals surface area contributed by atoms with E-state index < -0.39 is 6.04 Å². The minimum Gasteiger partial charge on any atom is -0.494 e. The summed E-state index contributed by atoms with van der Waals surface area (Å²) in [6.07, 6.45) is 0.279. The summed E-state index contributed by atoms with van der Waals surface area (Å²) < 4.78 is 5.44. The zero-order valence-electron chi connectivity index (χ0n) is 14.8. The number of benzene rings is 2. The number of ketones is 1. The summed E-state index contributed by atoms with van der Waals surface area (Å²) in [4.78, 5) is 24.6. The Morgan fingerprint density at radius 3 is 2.65 bits per heavy atom. The van der Waals surface area contributed by atoms with E-state index in [0.29, 0.717) is 23.8 Å². The average molecular weight is 351 g/mol. The van der Waals surface area contributed by atoms with Crippen LogP contribution in [0.4, 0.5) is 11.4 Å². The molecule has 0 aromatic heterocycles. The monoisotopic (exact) mass is 351 g/mol. The van der Waals surface area contributed by atoms with E-state index in [0.717, 1.165) is 5.69 Å². The highest BCUT2D eigenvalue weighted by molar-refractivity contribution is 6.44. The minimum atomic E-state index is -0.465. The zero-order valence-corrected chi connectivity index (χ0v) is 14.8. The van der Waals surface area contributed by atoms with E-state index >= 15 is 0 Å². The lowest BCUT2D eigenvalue weighted by Gasteiger charge is -2.20. The molecule has 1 amide bonds. The van der Waals surface area contributed by atoms with Crippen molar-refractivity contribution in [3.05, 3.63) is 54.6 Å². The van der Waals surface area contributed by atoms with Gasteiger partial charge in [0, 0.05) is 18.2 Å². The van der Waals surface area contributed by atoms with Crippen LogP contribution in [0, 0.1) is 0 Å². The summed E-state index contributed by atoms with van der Waals surface area (Å²) in [5.41, 5.74) is 1.74. The number of nitrogens with one attached hydrogen (secondary N) is 1. The fraction of sp³-hybridized carbons (Fsp3) is 0.250. The number of carbonyl (C=O) groups excluding carboxylic acids is 2. The van der Waals surface area contributed by atoms with E-state index in [-0.39, 0.29) is 18.1 Å². The van der Waals surface area contributed by atoms with Gasteiger partial charge in [0.15, 0.2) is 5.78 Å². The van der Waals surface area contributed by atoms with Crippen molar-refractivity contribution in [2.75, 3.05) is 16.9 Å². The first-order valence-electron chi connectivity index (χ1n) is 8.55. The first-order chi connectivity index (χ1) is 12.6. The summed E-state index contributed by atoms with van der Waals surface area (Å²) in [6.45, 7) is 3.97. The van der Waals surface area contributed by atoms with Gasteiger partial charge in [0.2, 0.25) is 0 Å². The third-order valence-corrected chi connectivity index (χ3v) is 4.07. The van der Waals surface area contributed by atoms with Crippen LogP contribution in [0.15, 0.2) is 59.7 Å². The Labute approximate surface area is 152 Å². The Hall–Kier alpha value is -3.15. The Bertz CT molecular complexity index is 833. The van der Waals surface area contributed by atoms with Crippen LogP contribution < -0.4 is 15.1 Å². The van der Waals surface area contributed by atoms with Crippen LogP contribution in [-0.2, 0) is 9.59 Å². The fourth-order valence-corrected chi connectivity index (χ4v) is 2.82. The van der Waals surface area contributed by atoms with Gasteiger partial charge in [-0.2, -0.15) is 5.10 Å². The lowest BCUT2D eigenvalue weighted by molar-refractivity contribution is -0.118. The largest absolute Gasteiger partial charge is 0.494 e. The van der Waals surface area contributed by atoms with E-state index in [9.17, 15) is 9.59 Å². The van der Waals surface area contributed by atoms with Gasteiger partial charge in [0.05, 0.1) is 12.3 Å². The van der Waals surface area contributed by atoms with Crippen LogP contribution >= 0.6 is 0 Å². The summed E-state index contributed by atoms with van der Waals surface area (Å²) >= 11 is 0. The highest BCUT2D eigenvalue weighted by atomic mass is 16.5. The van der Waals surface area contributed by atoms with Crippen molar-refractivity contribution in [3.8, 4) is 5.75 Å². The number of anilines is 2. The van der Waals surface area contributed by atoms with Crippen LogP contribution in [0.5, 0.6) is 5.75 Å². The predicted molar refractivity (Wildman–Crippen MR) is 102 cm³/mol. The molecular weight excluding hydrogens is 330 g/mol. The molecule has 2 aromatic carbocycles. The minimum absolute atomic E-state index is 0.0289. The van der Waals surface area contributed by atoms with E-state index in [1.54, 1.807) is 17.1 Å². The normalized spacial score (nSPS) is 16.2. The second-order valence-electron chi connectivity index (χ2n) is 5.97. The van der Waals surface area contributed by atoms with Crippen molar-refractivity contribution in [1.82, 2.24) is 0 Å². The van der Waals surface area contributed by atoms with Crippen molar-refractivity contribution in [1.29, 1.82) is 0 Å². The average Bonchev–Trinajstić information content (AvgIpc) is 3.09. The molecule has 0 spiro atoms. The van der Waals surface area contributed by atoms with Gasteiger partial charge in [-0.1, -0.05) is 24.3 Å². The Kier molecular flexibility index (Phi) is 5.31. The molecule has 0 fully saturated rings. The Morgan fingerprint density at radius 2 is 1.96 bits per heavy atom. The maximum Gasteiger partial charge on any atom is 0.271 e. The Morgan fingerprint density at radius 1 is 1.19 bits per heavy atom. The maximum atomic E-state index is 12.6. The summed E-state index contributed by atoms with van der Waals surface area (Å²) in [6, 6.07) is 16.1. The smallest absolute Gasteiger partial charge is 0.271 e. The number of hydrazone groups is 1. The number of Topliss-reactive ketones (excluding diaryl/α,β-unsaturated/α-hetero) is 1. The quantitative estimate of drug-likeness (QED) is 0.867. The molecule has 0 saturated carbocycles. The molecule has 1 atom stereocenters. The summed E-state index contributed by atoms with van der Waals surface area (Å²) in [7, 11) is 0. The second kappa shape index (κ2) is 7.82. The third-order valence-electron chi connectivity index (χ3n) is 4.07. The SMILES string of the molecule is CCOc1cccc(NC(=O)C2=NN(c3ccccc3)C(C(C)=O)C2)c1. The van der Waals surface area contributed by atoms with Gasteiger partial charge in [0.1, 0.15) is 17.5 Å². The molecule has 0 radical (unpaired) electrons. The van der Waals surface area contributed by atoms with Crippen LogP contribution in [-0.4, -0.2) is 30.1 Å². The zero-order chi connectivity index (χ0) is 18.5. The molecule has 2 aromatic rings. The molecule has 1 aliphatic heterocycles. The molecule has 0 aliphatic carbocycles. The van der Waals surface area contributed by atoms with Gasteiger partial charge >= 0.3 is 0 Å². The molecule has 1 aliphatic rings. The molecule has 3 rings (SSSR count). The van der Waals surface area contributed by atoms with Gasteiger partial charge in [0.25, 0.3) is 5.91 Å². The summed E-state index contributed by atoms with van der Waals surface area (Å²) in [5.74, 6) is 0.341. The Balaban J connectivity index is 1.79. The van der Waals surface area contributed by atoms with E-state index in [1.165, 1.54) is 6.92 Å². The first-order valence-corrected chi connectivity index (χ1v) is 8.55. The number of amides is 1. The number of nitrogens with zero attached hydrogens (tertiary/aromatic N) is 2. The van der Waals surface area contributed by atoms with Crippen molar-refractivity contribution >= 4 is 28.8 Å². The standard InChI is InChI=1S/C20H21N3O3/c1-3-26-17-11-7-8-15(12-17)21-20(25)18-13-19(14(2)24)23(22-18)16-9-5-4-6-10-16/h4-12,19H,3,13H2,1-2H3,(H,21,25). The number of ether oxygens (including phenoxy) is 1. The molecule has 26 heavy (non-hydrogen) atoms. The maximum absolute atomic E-state index is 12.6.